The van der Waals surface area contributed by atoms with Crippen LogP contribution in [-0.4, -0.2) is 75.6 Å². The van der Waals surface area contributed by atoms with Gasteiger partial charge >= 0.3 is 0 Å². The third-order valence-electron chi connectivity index (χ3n) is 13.7. The smallest absolute Gasteiger partial charge is 0.0717 e. The van der Waals surface area contributed by atoms with E-state index < -0.39 is 6.10 Å². The summed E-state index contributed by atoms with van der Waals surface area (Å²) in [6.45, 7) is 25.1. The molecule has 0 saturated carbocycles. The molecule has 0 aromatic carbocycles. The number of aliphatic hydroxyl groups excluding tert-OH is 4. The van der Waals surface area contributed by atoms with E-state index in [1.807, 2.05) is 13.8 Å². The molecule has 73 heavy (non-hydrogen) atoms. The molecule has 0 aliphatic heterocycles. The van der Waals surface area contributed by atoms with E-state index in [2.05, 4.69) is 78.8 Å². The van der Waals surface area contributed by atoms with Gasteiger partial charge in [-0.05, 0) is 64.3 Å². The molecule has 0 spiro atoms. The van der Waals surface area contributed by atoms with Gasteiger partial charge in [0.15, 0.2) is 0 Å². The summed E-state index contributed by atoms with van der Waals surface area (Å²) in [7, 11) is 0. The van der Waals surface area contributed by atoms with Crippen molar-refractivity contribution < 1.29 is 74.2 Å². The molecule has 0 aliphatic rings. The maximum Gasteiger partial charge on any atom is 0.0717 e. The summed E-state index contributed by atoms with van der Waals surface area (Å²) in [4.78, 5) is 2.36. The predicted molar refractivity (Wildman–Crippen MR) is 328 cm³/mol. The minimum absolute atomic E-state index is 0. The number of hydrogen-bond donors (Lipinski definition) is 5. The topological polar surface area (TPSA) is 84.2 Å². The third kappa shape index (κ3) is 85.0. The van der Waals surface area contributed by atoms with Crippen molar-refractivity contribution in [1.82, 2.24) is 4.90 Å². The number of hydrogen-bond acceptors (Lipinski definition) is 6. The molecule has 4 N–H and O–H groups in total. The average molecular weight is 1300 g/mol. The number of terminal acetylenes is 1. The van der Waals surface area contributed by atoms with Gasteiger partial charge in [0, 0.05) is 53.8 Å². The number of unbranched alkanes of at least 4 members (excludes halogenated alkanes) is 34. The van der Waals surface area contributed by atoms with E-state index in [0.29, 0.717) is 0 Å². The quantitative estimate of drug-likeness (QED) is 0.0181. The molecule has 0 saturated heterocycles. The average Bonchev–Trinajstić information content (AvgIpc) is 3.40. The van der Waals surface area contributed by atoms with Gasteiger partial charge in [-0.25, -0.2) is 0 Å². The molecule has 0 bridgehead atoms. The molecule has 0 fully saturated rings. The Bertz CT molecular complexity index is 819. The molecule has 0 aromatic heterocycles. The molecule has 0 aromatic rings. The van der Waals surface area contributed by atoms with Crippen LogP contribution in [0, 0.1) is 26.7 Å². The van der Waals surface area contributed by atoms with Crippen LogP contribution in [0.1, 0.15) is 344 Å². The minimum Gasteiger partial charge on any atom is -0.395 e. The Morgan fingerprint density at radius 3 is 0.808 bits per heavy atom. The summed E-state index contributed by atoms with van der Waals surface area (Å²) in [5, 5.41) is 40.4. The van der Waals surface area contributed by atoms with E-state index >= 15 is 0 Å². The third-order valence-corrected chi connectivity index (χ3v) is 13.7. The van der Waals surface area contributed by atoms with Crippen molar-refractivity contribution in [3.05, 3.63) is 13.8 Å². The van der Waals surface area contributed by atoms with Crippen molar-refractivity contribution >= 4 is 12.6 Å². The van der Waals surface area contributed by atoms with E-state index in [9.17, 15) is 20.4 Å². The fourth-order valence-electron chi connectivity index (χ4n) is 9.05. The van der Waals surface area contributed by atoms with Crippen LogP contribution in [0.15, 0.2) is 0 Å². The standard InChI is InChI=1S/C30H61NO2.2C15H32O.C2H6.C2H2.CH4S.W.Y/c1-4-7-10-13-14-15-16-17-18-19-20-21-22-25-30(33)29(28-32)31(26-23-11-8-5-2)27-24-12-9-6-3;2*1-3-5-7-9-10-12-14-15(16)13-11-8-6-4-2;3*1-2;;/h29-30,32-33H,2-28H2,1H3;2*15-16H,3-14H2,1-2H3;1-2H3;1-2H;2H,1H3;;/q-2;;;;;;;. The van der Waals surface area contributed by atoms with E-state index in [0.717, 1.165) is 77.3 Å². The van der Waals surface area contributed by atoms with Crippen LogP contribution in [0.4, 0.5) is 0 Å². The first-order chi connectivity index (χ1) is 34.8. The summed E-state index contributed by atoms with van der Waals surface area (Å²) in [6.07, 6.45) is 66.8. The molecule has 4 atom stereocenters. The van der Waals surface area contributed by atoms with Crippen molar-refractivity contribution in [3.63, 3.8) is 0 Å². The van der Waals surface area contributed by atoms with Crippen LogP contribution in [-0.2, 0) is 53.8 Å². The Morgan fingerprint density at radius 1 is 0.370 bits per heavy atom. The first-order valence-corrected chi connectivity index (χ1v) is 32.5. The van der Waals surface area contributed by atoms with E-state index in [1.54, 1.807) is 6.26 Å². The number of rotatable bonds is 51. The largest absolute Gasteiger partial charge is 0.395 e. The molecule has 0 rings (SSSR count). The van der Waals surface area contributed by atoms with Gasteiger partial charge in [0.2, 0.25) is 0 Å². The monoisotopic (exact) mass is 1300 g/mol. The summed E-state index contributed by atoms with van der Waals surface area (Å²) in [5.41, 5.74) is 0. The van der Waals surface area contributed by atoms with E-state index in [4.69, 9.17) is 0 Å². The van der Waals surface area contributed by atoms with Gasteiger partial charge in [-0.3, -0.25) is 4.90 Å². The maximum absolute atomic E-state index is 10.8. The number of nitrogens with zero attached hydrogens (tertiary/aromatic N) is 1. The molecule has 4 unspecified atom stereocenters. The zero-order valence-electron chi connectivity index (χ0n) is 51.2. The number of thiol groups is 1. The van der Waals surface area contributed by atoms with Gasteiger partial charge in [-0.2, -0.15) is 25.5 Å². The summed E-state index contributed by atoms with van der Waals surface area (Å²) < 4.78 is 0. The zero-order valence-corrected chi connectivity index (χ0v) is 57.9. The molecule has 0 amide bonds. The van der Waals surface area contributed by atoms with E-state index in [1.165, 1.54) is 231 Å². The second-order valence-electron chi connectivity index (χ2n) is 20.3. The molecule has 5 nitrogen and oxygen atoms in total. The van der Waals surface area contributed by atoms with Gasteiger partial charge in [0.25, 0.3) is 0 Å². The Balaban J connectivity index is -0.000000148. The molecule has 0 heterocycles. The van der Waals surface area contributed by atoms with Crippen molar-refractivity contribution in [1.29, 1.82) is 0 Å². The molecule has 8 heteroatoms. The van der Waals surface area contributed by atoms with Crippen molar-refractivity contribution in [3.8, 4) is 12.8 Å². The predicted octanol–water partition coefficient (Wildman–Crippen LogP) is 20.2. The molecule has 0 aliphatic carbocycles. The van der Waals surface area contributed by atoms with E-state index in [-0.39, 0.29) is 78.6 Å². The SMILES string of the molecule is C#C.CC.CCCCCCCCC(O)CCCCCC.CCCCCCCCC(O)CCCCCC.CS.[CH2-]CCCCCN(CCCCC[CH2-])C(CO)C(O)CCCCCCCCCCCCCCC.[W].[Y]. The van der Waals surface area contributed by atoms with Gasteiger partial charge in [-0.15, -0.1) is 12.8 Å². The fraction of sp³-hybridized carbons (Fsp3) is 0.938. The Kier molecular flexibility index (Phi) is 112. The van der Waals surface area contributed by atoms with Crippen molar-refractivity contribution in [2.45, 2.75) is 368 Å². The van der Waals surface area contributed by atoms with Crippen LogP contribution in [0.2, 0.25) is 0 Å². The fourth-order valence-corrected chi connectivity index (χ4v) is 9.05. The van der Waals surface area contributed by atoms with Crippen molar-refractivity contribution in [2.75, 3.05) is 26.0 Å². The molecular formula is C65H137NO4SWY-2. The molecule has 1 radical (unpaired) electrons. The first-order valence-electron chi connectivity index (χ1n) is 31.6. The molecular weight excluding hydrogens is 1160 g/mol. The number of aliphatic hydroxyl groups is 4. The Hall–Kier alpha value is 1.50. The van der Waals surface area contributed by atoms with Gasteiger partial charge < -0.3 is 34.3 Å². The van der Waals surface area contributed by atoms with Crippen molar-refractivity contribution in [2.24, 2.45) is 0 Å². The van der Waals surface area contributed by atoms with Gasteiger partial charge in [-0.1, -0.05) is 286 Å². The van der Waals surface area contributed by atoms with Crippen LogP contribution in [0.5, 0.6) is 0 Å². The maximum atomic E-state index is 10.8. The normalized spacial score (nSPS) is 12.0. The summed E-state index contributed by atoms with van der Waals surface area (Å²) in [6, 6.07) is -0.109. The second kappa shape index (κ2) is 90.1. The van der Waals surface area contributed by atoms with Gasteiger partial charge in [0.1, 0.15) is 0 Å². The molecule has 443 valence electrons. The zero-order chi connectivity index (χ0) is 54.5. The van der Waals surface area contributed by atoms with Crippen LogP contribution in [0.3, 0.4) is 0 Å². The van der Waals surface area contributed by atoms with Crippen LogP contribution in [0.25, 0.3) is 0 Å². The van der Waals surface area contributed by atoms with Gasteiger partial charge in [0.05, 0.1) is 31.0 Å². The van der Waals surface area contributed by atoms with Crippen LogP contribution < -0.4 is 0 Å². The Morgan fingerprint density at radius 2 is 0.575 bits per heavy atom. The van der Waals surface area contributed by atoms with Crippen LogP contribution >= 0.6 is 12.6 Å². The Labute approximate surface area is 508 Å². The summed E-state index contributed by atoms with van der Waals surface area (Å²) >= 11 is 3.53. The minimum atomic E-state index is -0.414. The second-order valence-corrected chi connectivity index (χ2v) is 20.3. The first kappa shape index (κ1) is 91.0. The summed E-state index contributed by atoms with van der Waals surface area (Å²) in [5.74, 6) is 0.